The molecule has 0 aliphatic rings. The molecule has 112 valence electrons. The maximum absolute atomic E-state index is 13.5. The highest BCUT2D eigenvalue weighted by Gasteiger charge is 2.18. The van der Waals surface area contributed by atoms with E-state index in [1.165, 1.54) is 12.1 Å². The average molecular weight is 304 g/mol. The number of benzene rings is 2. The monoisotopic (exact) mass is 304 g/mol. The van der Waals surface area contributed by atoms with Gasteiger partial charge in [-0.25, -0.2) is 13.2 Å². The molecule has 2 nitrogen and oxygen atoms in total. The molecule has 2 aromatic rings. The molecule has 0 aliphatic carbocycles. The molecular formula is C14H9F5O2. The Labute approximate surface area is 116 Å². The molecule has 1 N–H and O–H groups in total. The first-order valence-electron chi connectivity index (χ1n) is 5.75. The summed E-state index contributed by atoms with van der Waals surface area (Å²) in [5.41, 5.74) is -0.349. The van der Waals surface area contributed by atoms with Crippen molar-refractivity contribution in [1.29, 1.82) is 0 Å². The maximum Gasteiger partial charge on any atom is 0.387 e. The standard InChI is InChI=1S/C14H9F5O2/c15-10-6-12(17)11(16)5-9(10)13(20)7-1-3-8(4-2-7)21-14(18)19/h1-6,13-14,20H. The topological polar surface area (TPSA) is 29.5 Å². The van der Waals surface area contributed by atoms with E-state index in [0.717, 1.165) is 12.1 Å². The molecule has 0 aromatic heterocycles. The SMILES string of the molecule is OC(c1ccc(OC(F)F)cc1)c1cc(F)c(F)cc1F. The highest BCUT2D eigenvalue weighted by atomic mass is 19.3. The van der Waals surface area contributed by atoms with Crippen LogP contribution in [0.4, 0.5) is 22.0 Å². The van der Waals surface area contributed by atoms with Crippen LogP contribution >= 0.6 is 0 Å². The minimum Gasteiger partial charge on any atom is -0.435 e. The molecule has 0 heterocycles. The number of rotatable bonds is 4. The summed E-state index contributed by atoms with van der Waals surface area (Å²) >= 11 is 0. The lowest BCUT2D eigenvalue weighted by Crippen LogP contribution is -2.05. The molecule has 0 aliphatic heterocycles. The van der Waals surface area contributed by atoms with Gasteiger partial charge in [0.15, 0.2) is 11.6 Å². The van der Waals surface area contributed by atoms with Gasteiger partial charge in [0.2, 0.25) is 0 Å². The minimum absolute atomic E-state index is 0.113. The molecular weight excluding hydrogens is 295 g/mol. The van der Waals surface area contributed by atoms with Crippen LogP contribution in [0.2, 0.25) is 0 Å². The summed E-state index contributed by atoms with van der Waals surface area (Å²) in [5.74, 6) is -3.94. The maximum atomic E-state index is 13.5. The van der Waals surface area contributed by atoms with Crippen molar-refractivity contribution in [1.82, 2.24) is 0 Å². The number of hydrogen-bond donors (Lipinski definition) is 1. The summed E-state index contributed by atoms with van der Waals surface area (Å²) in [6, 6.07) is 5.57. The normalized spacial score (nSPS) is 12.5. The molecule has 0 bridgehead atoms. The molecule has 0 saturated carbocycles. The molecule has 2 aromatic carbocycles. The molecule has 1 unspecified atom stereocenters. The number of ether oxygens (including phenoxy) is 1. The van der Waals surface area contributed by atoms with Crippen molar-refractivity contribution in [2.24, 2.45) is 0 Å². The van der Waals surface area contributed by atoms with Crippen LogP contribution in [0, 0.1) is 17.5 Å². The van der Waals surface area contributed by atoms with E-state index in [4.69, 9.17) is 0 Å². The smallest absolute Gasteiger partial charge is 0.387 e. The molecule has 0 radical (unpaired) electrons. The van der Waals surface area contributed by atoms with Crippen LogP contribution < -0.4 is 4.74 Å². The number of aliphatic hydroxyl groups excluding tert-OH is 1. The molecule has 7 heteroatoms. The molecule has 0 spiro atoms. The Kier molecular flexibility index (Phi) is 4.42. The van der Waals surface area contributed by atoms with Gasteiger partial charge in [0.25, 0.3) is 0 Å². The van der Waals surface area contributed by atoms with Crippen LogP contribution in [0.15, 0.2) is 36.4 Å². The lowest BCUT2D eigenvalue weighted by Gasteiger charge is -2.13. The fourth-order valence-corrected chi connectivity index (χ4v) is 1.76. The van der Waals surface area contributed by atoms with Crippen molar-refractivity contribution in [3.63, 3.8) is 0 Å². The van der Waals surface area contributed by atoms with Gasteiger partial charge in [-0.1, -0.05) is 12.1 Å². The number of hydrogen-bond acceptors (Lipinski definition) is 2. The summed E-state index contributed by atoms with van der Waals surface area (Å²) in [6.45, 7) is -3.00. The van der Waals surface area contributed by atoms with Gasteiger partial charge in [-0.3, -0.25) is 0 Å². The third kappa shape index (κ3) is 3.49. The van der Waals surface area contributed by atoms with Crippen molar-refractivity contribution in [2.75, 3.05) is 0 Å². The highest BCUT2D eigenvalue weighted by Crippen LogP contribution is 2.27. The van der Waals surface area contributed by atoms with E-state index < -0.39 is 35.7 Å². The van der Waals surface area contributed by atoms with Gasteiger partial charge in [-0.2, -0.15) is 8.78 Å². The van der Waals surface area contributed by atoms with E-state index in [-0.39, 0.29) is 11.3 Å². The van der Waals surface area contributed by atoms with E-state index in [1.54, 1.807) is 0 Å². The van der Waals surface area contributed by atoms with Gasteiger partial charge in [0.05, 0.1) is 0 Å². The average Bonchev–Trinajstić information content (AvgIpc) is 2.42. The van der Waals surface area contributed by atoms with Gasteiger partial charge in [-0.15, -0.1) is 0 Å². The minimum atomic E-state index is -3.00. The van der Waals surface area contributed by atoms with Crippen LogP contribution in [0.3, 0.4) is 0 Å². The van der Waals surface area contributed by atoms with Gasteiger partial charge < -0.3 is 9.84 Å². The Morgan fingerprint density at radius 3 is 2.00 bits per heavy atom. The molecule has 2 rings (SSSR count). The second-order valence-corrected chi connectivity index (χ2v) is 4.14. The molecule has 0 saturated heterocycles. The van der Waals surface area contributed by atoms with Crippen molar-refractivity contribution in [2.45, 2.75) is 12.7 Å². The molecule has 0 amide bonds. The largest absolute Gasteiger partial charge is 0.435 e. The van der Waals surface area contributed by atoms with Gasteiger partial charge in [0.1, 0.15) is 17.7 Å². The first kappa shape index (κ1) is 15.2. The summed E-state index contributed by atoms with van der Waals surface area (Å²) < 4.78 is 67.5. The molecule has 21 heavy (non-hydrogen) atoms. The van der Waals surface area contributed by atoms with Crippen LogP contribution in [0.1, 0.15) is 17.2 Å². The van der Waals surface area contributed by atoms with Gasteiger partial charge in [0, 0.05) is 11.6 Å². The zero-order valence-corrected chi connectivity index (χ0v) is 10.4. The molecule has 1 atom stereocenters. The Bertz CT molecular complexity index is 628. The number of aliphatic hydroxyl groups is 1. The Morgan fingerprint density at radius 1 is 0.857 bits per heavy atom. The quantitative estimate of drug-likeness (QED) is 0.688. The van der Waals surface area contributed by atoms with E-state index >= 15 is 0 Å². The fraction of sp³-hybridized carbons (Fsp3) is 0.143. The Morgan fingerprint density at radius 2 is 1.43 bits per heavy atom. The summed E-state index contributed by atoms with van der Waals surface area (Å²) in [5, 5.41) is 9.94. The van der Waals surface area contributed by atoms with Crippen molar-refractivity contribution in [3.8, 4) is 5.75 Å². The summed E-state index contributed by atoms with van der Waals surface area (Å²) in [6.07, 6.45) is -1.57. The summed E-state index contributed by atoms with van der Waals surface area (Å²) in [4.78, 5) is 0. The van der Waals surface area contributed by atoms with Crippen LogP contribution in [-0.4, -0.2) is 11.7 Å². The predicted octanol–water partition coefficient (Wildman–Crippen LogP) is 3.79. The second-order valence-electron chi connectivity index (χ2n) is 4.14. The number of alkyl halides is 2. The highest BCUT2D eigenvalue weighted by molar-refractivity contribution is 5.35. The second kappa shape index (κ2) is 6.09. The zero-order chi connectivity index (χ0) is 15.6. The predicted molar refractivity (Wildman–Crippen MR) is 63.5 cm³/mol. The van der Waals surface area contributed by atoms with E-state index in [2.05, 4.69) is 4.74 Å². The van der Waals surface area contributed by atoms with E-state index in [0.29, 0.717) is 12.1 Å². The van der Waals surface area contributed by atoms with Crippen molar-refractivity contribution < 1.29 is 31.8 Å². The van der Waals surface area contributed by atoms with Crippen LogP contribution in [0.5, 0.6) is 5.75 Å². The Hall–Kier alpha value is -2.15. The van der Waals surface area contributed by atoms with Crippen LogP contribution in [0.25, 0.3) is 0 Å². The van der Waals surface area contributed by atoms with Crippen molar-refractivity contribution in [3.05, 3.63) is 65.0 Å². The molecule has 0 fully saturated rings. The van der Waals surface area contributed by atoms with Gasteiger partial charge >= 0.3 is 6.61 Å². The van der Waals surface area contributed by atoms with Gasteiger partial charge in [-0.05, 0) is 23.8 Å². The lowest BCUT2D eigenvalue weighted by molar-refractivity contribution is -0.0498. The van der Waals surface area contributed by atoms with E-state index in [9.17, 15) is 27.1 Å². The fourth-order valence-electron chi connectivity index (χ4n) is 1.76. The Balaban J connectivity index is 2.27. The van der Waals surface area contributed by atoms with Crippen molar-refractivity contribution >= 4 is 0 Å². The first-order valence-corrected chi connectivity index (χ1v) is 5.75. The zero-order valence-electron chi connectivity index (χ0n) is 10.4. The third-order valence-corrected chi connectivity index (χ3v) is 2.76. The van der Waals surface area contributed by atoms with E-state index in [1.807, 2.05) is 0 Å². The first-order chi connectivity index (χ1) is 9.88. The third-order valence-electron chi connectivity index (χ3n) is 2.76. The lowest BCUT2D eigenvalue weighted by atomic mass is 10.0. The number of halogens is 5. The van der Waals surface area contributed by atoms with Crippen LogP contribution in [-0.2, 0) is 0 Å². The summed E-state index contributed by atoms with van der Waals surface area (Å²) in [7, 11) is 0.